The minimum Gasteiger partial charge on any atom is -0.497 e. The average Bonchev–Trinajstić information content (AvgIpc) is 3.16. The van der Waals surface area contributed by atoms with Crippen LogP contribution in [0.4, 0.5) is 0 Å². The Morgan fingerprint density at radius 2 is 2.07 bits per heavy atom. The maximum atomic E-state index is 12.4. The Morgan fingerprint density at radius 1 is 1.30 bits per heavy atom. The molecule has 4 heterocycles. The topological polar surface area (TPSA) is 63.5 Å². The van der Waals surface area contributed by atoms with Gasteiger partial charge in [-0.25, -0.2) is 0 Å². The van der Waals surface area contributed by atoms with Crippen LogP contribution in [-0.2, 0) is 11.3 Å². The first-order valence-corrected chi connectivity index (χ1v) is 9.55. The molecule has 4 atom stereocenters. The van der Waals surface area contributed by atoms with E-state index in [1.54, 1.807) is 12.0 Å². The van der Waals surface area contributed by atoms with E-state index in [9.17, 15) is 4.79 Å². The highest BCUT2D eigenvalue weighted by molar-refractivity contribution is 5.79. The summed E-state index contributed by atoms with van der Waals surface area (Å²) >= 11 is 0. The van der Waals surface area contributed by atoms with E-state index in [1.807, 2.05) is 49.2 Å². The third-order valence-electron chi connectivity index (χ3n) is 5.96. The lowest BCUT2D eigenvalue weighted by Crippen LogP contribution is -2.57. The molecule has 2 aromatic rings. The first-order valence-electron chi connectivity index (χ1n) is 9.55. The van der Waals surface area contributed by atoms with Crippen molar-refractivity contribution in [3.63, 3.8) is 0 Å². The van der Waals surface area contributed by atoms with Crippen molar-refractivity contribution in [1.82, 2.24) is 24.8 Å². The van der Waals surface area contributed by atoms with Crippen LogP contribution >= 0.6 is 0 Å². The molecule has 144 valence electrons. The Balaban J connectivity index is 1.42. The molecule has 1 amide bonds. The Kier molecular flexibility index (Phi) is 4.86. The zero-order chi connectivity index (χ0) is 19.0. The van der Waals surface area contributed by atoms with Gasteiger partial charge in [-0.2, -0.15) is 0 Å². The third-order valence-corrected chi connectivity index (χ3v) is 5.96. The van der Waals surface area contributed by atoms with Crippen molar-refractivity contribution in [1.29, 1.82) is 0 Å². The second-order valence-electron chi connectivity index (χ2n) is 7.83. The molecule has 2 bridgehead atoms. The van der Waals surface area contributed by atoms with Gasteiger partial charge in [-0.3, -0.25) is 14.4 Å². The summed E-state index contributed by atoms with van der Waals surface area (Å²) in [6.07, 6.45) is 4.19. The van der Waals surface area contributed by atoms with Gasteiger partial charge in [0.25, 0.3) is 0 Å². The summed E-state index contributed by atoms with van der Waals surface area (Å²) in [5, 5.41) is 8.66. The Labute approximate surface area is 159 Å². The van der Waals surface area contributed by atoms with Crippen molar-refractivity contribution >= 4 is 5.91 Å². The molecule has 5 rings (SSSR count). The lowest BCUT2D eigenvalue weighted by molar-refractivity contribution is -0.141. The smallest absolute Gasteiger partial charge is 0.226 e. The van der Waals surface area contributed by atoms with Gasteiger partial charge in [0.2, 0.25) is 5.91 Å². The number of ether oxygens (including phenoxy) is 1. The second kappa shape index (κ2) is 7.31. The van der Waals surface area contributed by atoms with Crippen molar-refractivity contribution in [2.45, 2.75) is 25.4 Å². The average molecular weight is 369 g/mol. The van der Waals surface area contributed by atoms with E-state index in [-0.39, 0.29) is 11.8 Å². The molecule has 0 saturated carbocycles. The molecule has 27 heavy (non-hydrogen) atoms. The number of carbonyl (C=O) groups excluding carboxylic acids is 1. The van der Waals surface area contributed by atoms with Gasteiger partial charge in [0.05, 0.1) is 25.8 Å². The molecule has 3 fully saturated rings. The second-order valence-corrected chi connectivity index (χ2v) is 7.83. The molecule has 1 aromatic carbocycles. The summed E-state index contributed by atoms with van der Waals surface area (Å²) in [7, 11) is 5.37. The number of carbonyl (C=O) groups is 1. The normalized spacial score (nSPS) is 26.8. The van der Waals surface area contributed by atoms with Crippen LogP contribution in [0.15, 0.2) is 30.5 Å². The van der Waals surface area contributed by atoms with E-state index < -0.39 is 0 Å². The van der Waals surface area contributed by atoms with Crippen LogP contribution in [0.5, 0.6) is 5.75 Å². The number of fused-ring (bicyclic) bond motifs is 3. The first kappa shape index (κ1) is 18.0. The minimum atomic E-state index is 0.149. The van der Waals surface area contributed by atoms with Gasteiger partial charge in [0.15, 0.2) is 0 Å². The summed E-state index contributed by atoms with van der Waals surface area (Å²) in [4.78, 5) is 16.6. The van der Waals surface area contributed by atoms with Crippen LogP contribution in [0.25, 0.3) is 11.3 Å². The largest absolute Gasteiger partial charge is 0.497 e. The number of rotatable bonds is 5. The molecular formula is C20H27N5O2. The zero-order valence-electron chi connectivity index (χ0n) is 16.2. The summed E-state index contributed by atoms with van der Waals surface area (Å²) in [5.74, 6) is 1.74. The monoisotopic (exact) mass is 369 g/mol. The van der Waals surface area contributed by atoms with Crippen LogP contribution in [-0.4, -0.2) is 71.0 Å². The number of piperidine rings is 3. The van der Waals surface area contributed by atoms with Crippen LogP contribution in [0.3, 0.4) is 0 Å². The van der Waals surface area contributed by atoms with Crippen LogP contribution in [0.2, 0.25) is 0 Å². The highest BCUT2D eigenvalue weighted by atomic mass is 16.5. The van der Waals surface area contributed by atoms with E-state index in [4.69, 9.17) is 4.74 Å². The van der Waals surface area contributed by atoms with Gasteiger partial charge < -0.3 is 9.64 Å². The quantitative estimate of drug-likeness (QED) is 0.804. The van der Waals surface area contributed by atoms with Gasteiger partial charge in [-0.15, -0.1) is 5.10 Å². The van der Waals surface area contributed by atoms with Crippen molar-refractivity contribution in [2.75, 3.05) is 34.3 Å². The maximum absolute atomic E-state index is 12.4. The number of benzene rings is 1. The van der Waals surface area contributed by atoms with E-state index in [0.717, 1.165) is 49.5 Å². The van der Waals surface area contributed by atoms with Crippen molar-refractivity contribution in [3.05, 3.63) is 30.5 Å². The Bertz CT molecular complexity index is 801. The number of hydrogen-bond acceptors (Lipinski definition) is 5. The summed E-state index contributed by atoms with van der Waals surface area (Å²) in [6, 6.07) is 8.29. The molecule has 3 saturated heterocycles. The third kappa shape index (κ3) is 3.56. The summed E-state index contributed by atoms with van der Waals surface area (Å²) < 4.78 is 7.14. The lowest BCUT2D eigenvalue weighted by atomic mass is 9.75. The molecule has 2 unspecified atom stereocenters. The summed E-state index contributed by atoms with van der Waals surface area (Å²) in [5.41, 5.74) is 1.90. The molecule has 0 aliphatic carbocycles. The summed E-state index contributed by atoms with van der Waals surface area (Å²) in [6.45, 7) is 2.77. The van der Waals surface area contributed by atoms with Crippen LogP contribution in [0.1, 0.15) is 12.8 Å². The highest BCUT2D eigenvalue weighted by Crippen LogP contribution is 2.37. The number of hydrogen-bond donors (Lipinski definition) is 0. The standard InChI is InChI=1S/C20H27N5O2/c1-23(2)20(26)18-12-24-9-8-15(18)10-16(24)11-25-13-19(21-22-25)14-4-6-17(27-3)7-5-14/h4-7,13,15-16,18H,8-12H2,1-3H3/t15?,16-,18+/m1/s1. The highest BCUT2D eigenvalue weighted by Gasteiger charge is 2.43. The van der Waals surface area contributed by atoms with Crippen molar-refractivity contribution < 1.29 is 9.53 Å². The molecule has 0 N–H and O–H groups in total. The number of methoxy groups -OCH3 is 1. The molecule has 7 nitrogen and oxygen atoms in total. The van der Waals surface area contributed by atoms with Gasteiger partial charge in [-0.05, 0) is 49.6 Å². The van der Waals surface area contributed by atoms with E-state index in [1.165, 1.54) is 0 Å². The van der Waals surface area contributed by atoms with Gasteiger partial charge in [-0.1, -0.05) is 5.21 Å². The fourth-order valence-corrected chi connectivity index (χ4v) is 4.44. The van der Waals surface area contributed by atoms with Crippen LogP contribution in [0, 0.1) is 11.8 Å². The van der Waals surface area contributed by atoms with E-state index in [0.29, 0.717) is 12.0 Å². The number of nitrogens with zero attached hydrogens (tertiary/aromatic N) is 5. The molecule has 7 heteroatoms. The van der Waals surface area contributed by atoms with Crippen molar-refractivity contribution in [3.8, 4) is 17.0 Å². The number of aromatic nitrogens is 3. The van der Waals surface area contributed by atoms with Crippen LogP contribution < -0.4 is 4.74 Å². The van der Waals surface area contributed by atoms with E-state index >= 15 is 0 Å². The molecule has 1 aromatic heterocycles. The fourth-order valence-electron chi connectivity index (χ4n) is 4.44. The van der Waals surface area contributed by atoms with Gasteiger partial charge >= 0.3 is 0 Å². The maximum Gasteiger partial charge on any atom is 0.226 e. The zero-order valence-corrected chi connectivity index (χ0v) is 16.2. The Morgan fingerprint density at radius 3 is 2.70 bits per heavy atom. The lowest BCUT2D eigenvalue weighted by Gasteiger charge is -2.49. The van der Waals surface area contributed by atoms with E-state index in [2.05, 4.69) is 15.2 Å². The first-order chi connectivity index (χ1) is 13.0. The SMILES string of the molecule is COc1ccc(-c2cn(C[C@H]3CC4CCN3C[C@@H]4C(=O)N(C)C)nn2)cc1. The molecule has 3 aliphatic heterocycles. The van der Waals surface area contributed by atoms with Gasteiger partial charge in [0.1, 0.15) is 11.4 Å². The predicted molar refractivity (Wildman–Crippen MR) is 102 cm³/mol. The fraction of sp³-hybridized carbons (Fsp3) is 0.550. The molecule has 3 aliphatic rings. The van der Waals surface area contributed by atoms with Gasteiger partial charge in [0, 0.05) is 32.2 Å². The predicted octanol–water partition coefficient (Wildman–Crippen LogP) is 1.75. The number of amides is 1. The van der Waals surface area contributed by atoms with Crippen molar-refractivity contribution in [2.24, 2.45) is 11.8 Å². The minimum absolute atomic E-state index is 0.149. The molecule has 0 spiro atoms. The Hall–Kier alpha value is -2.41. The molecule has 0 radical (unpaired) electrons. The molecular weight excluding hydrogens is 342 g/mol.